The predicted molar refractivity (Wildman–Crippen MR) is 179 cm³/mol. The number of para-hydroxylation sites is 1. The number of hydrogen-bond donors (Lipinski definition) is 3. The summed E-state index contributed by atoms with van der Waals surface area (Å²) in [5, 5.41) is 8.17. The van der Waals surface area contributed by atoms with Crippen LogP contribution in [0.3, 0.4) is 0 Å². The van der Waals surface area contributed by atoms with Crippen molar-refractivity contribution in [3.8, 4) is 11.3 Å². The molecule has 2 atom stereocenters. The maximum absolute atomic E-state index is 13.7. The Morgan fingerprint density at radius 2 is 1.59 bits per heavy atom. The summed E-state index contributed by atoms with van der Waals surface area (Å²) in [6, 6.07) is 22.7. The third-order valence-corrected chi connectivity index (χ3v) is 11.9. The van der Waals surface area contributed by atoms with Crippen LogP contribution in [-0.2, 0) is 10.0 Å². The number of hydrogen-bond acceptors (Lipinski definition) is 7. The Kier molecular flexibility index (Phi) is 6.67. The molecule has 46 heavy (non-hydrogen) atoms. The summed E-state index contributed by atoms with van der Waals surface area (Å²) < 4.78 is 28.7. The van der Waals surface area contributed by atoms with Crippen LogP contribution in [0.1, 0.15) is 48.9 Å². The molecule has 4 saturated carbocycles. The minimum atomic E-state index is -3.88. The second kappa shape index (κ2) is 10.6. The molecule has 9 nitrogen and oxygen atoms in total. The van der Waals surface area contributed by atoms with E-state index >= 15 is 0 Å². The monoisotopic (exact) mass is 652 g/mol. The molecule has 4 fully saturated rings. The lowest BCUT2D eigenvalue weighted by molar-refractivity contribution is -0.0238. The first-order chi connectivity index (χ1) is 22.1. The molecule has 9 rings (SSSR count). The van der Waals surface area contributed by atoms with E-state index in [0.717, 1.165) is 38.5 Å². The van der Waals surface area contributed by atoms with Crippen molar-refractivity contribution in [2.45, 2.75) is 54.5 Å². The normalized spacial score (nSPS) is 25.1. The number of anilines is 2. The molecule has 5 aromatic rings. The summed E-state index contributed by atoms with van der Waals surface area (Å²) in [4.78, 5) is 23.0. The molecule has 4 bridgehead atoms. The Balaban J connectivity index is 1.13. The lowest BCUT2D eigenvalue weighted by Crippen LogP contribution is -2.67. The zero-order valence-electron chi connectivity index (χ0n) is 25.0. The third kappa shape index (κ3) is 4.91. The summed E-state index contributed by atoms with van der Waals surface area (Å²) in [7, 11) is -3.88. The first-order valence-electron chi connectivity index (χ1n) is 15.5. The van der Waals surface area contributed by atoms with Crippen molar-refractivity contribution in [3.63, 3.8) is 0 Å². The van der Waals surface area contributed by atoms with Crippen molar-refractivity contribution in [1.82, 2.24) is 19.3 Å². The van der Waals surface area contributed by atoms with Crippen molar-refractivity contribution in [2.24, 2.45) is 11.8 Å². The summed E-state index contributed by atoms with van der Waals surface area (Å²) >= 11 is 6.73. The van der Waals surface area contributed by atoms with E-state index in [1.807, 2.05) is 18.2 Å². The molecule has 234 valence electrons. The van der Waals surface area contributed by atoms with Crippen molar-refractivity contribution in [2.75, 3.05) is 11.1 Å². The van der Waals surface area contributed by atoms with E-state index < -0.39 is 10.0 Å². The number of aromatic nitrogens is 3. The van der Waals surface area contributed by atoms with Gasteiger partial charge < -0.3 is 16.4 Å². The average Bonchev–Trinajstić information content (AvgIpc) is 3.42. The first kappa shape index (κ1) is 29.0. The number of benzene rings is 3. The van der Waals surface area contributed by atoms with Gasteiger partial charge >= 0.3 is 0 Å². The molecule has 2 heterocycles. The van der Waals surface area contributed by atoms with Crippen LogP contribution in [0.15, 0.2) is 96.2 Å². The van der Waals surface area contributed by atoms with Gasteiger partial charge in [-0.05, 0) is 92.8 Å². The summed E-state index contributed by atoms with van der Waals surface area (Å²) in [6.07, 6.45) is 8.94. The fourth-order valence-electron chi connectivity index (χ4n) is 8.60. The molecule has 0 saturated heterocycles. The number of fused-ring (bicyclic) bond motifs is 1. The van der Waals surface area contributed by atoms with Gasteiger partial charge in [0, 0.05) is 39.5 Å². The quantitative estimate of drug-likeness (QED) is 0.171. The summed E-state index contributed by atoms with van der Waals surface area (Å²) in [5.74, 6) is 1.31. The predicted octanol–water partition coefficient (Wildman–Crippen LogP) is 6.50. The molecule has 0 spiro atoms. The van der Waals surface area contributed by atoms with E-state index in [4.69, 9.17) is 22.3 Å². The minimum absolute atomic E-state index is 0.0797. The molecule has 0 aliphatic heterocycles. The highest BCUT2D eigenvalue weighted by Gasteiger charge is 2.58. The second-order valence-corrected chi connectivity index (χ2v) is 15.5. The van der Waals surface area contributed by atoms with Crippen LogP contribution >= 0.6 is 11.6 Å². The fourth-order valence-corrected chi connectivity index (χ4v) is 10.2. The van der Waals surface area contributed by atoms with Gasteiger partial charge in [-0.1, -0.05) is 48.0 Å². The Hall–Kier alpha value is -4.41. The van der Waals surface area contributed by atoms with Gasteiger partial charge in [0.25, 0.3) is 15.9 Å². The number of amides is 1. The largest absolute Gasteiger partial charge is 0.399 e. The number of nitrogen functional groups attached to an aromatic ring is 1. The van der Waals surface area contributed by atoms with Gasteiger partial charge in [-0.3, -0.25) is 4.79 Å². The zero-order valence-corrected chi connectivity index (χ0v) is 26.6. The molecule has 4 aliphatic rings. The van der Waals surface area contributed by atoms with E-state index in [-0.39, 0.29) is 21.9 Å². The number of nitrogens with two attached hydrogens (primary N) is 1. The minimum Gasteiger partial charge on any atom is -0.399 e. The van der Waals surface area contributed by atoms with Crippen molar-refractivity contribution >= 4 is 50.1 Å². The van der Waals surface area contributed by atoms with Gasteiger partial charge in [0.1, 0.15) is 0 Å². The van der Waals surface area contributed by atoms with Crippen molar-refractivity contribution in [3.05, 3.63) is 102 Å². The Morgan fingerprint density at radius 1 is 0.913 bits per heavy atom. The van der Waals surface area contributed by atoms with Crippen LogP contribution < -0.4 is 16.4 Å². The van der Waals surface area contributed by atoms with Crippen LogP contribution in [0.4, 0.5) is 11.6 Å². The SMILES string of the molecule is Nc1ccc(C(=O)NC23CC4CC(C2)CC(Nc2ncc(Cl)c(-c5cn(S(=O)(=O)c6ccccc6)c6ccccc56)n2)(C4)C3)cc1. The van der Waals surface area contributed by atoms with E-state index in [9.17, 15) is 13.2 Å². The molecule has 2 aromatic heterocycles. The summed E-state index contributed by atoms with van der Waals surface area (Å²) in [6.45, 7) is 0. The Labute approximate surface area is 272 Å². The number of nitrogens with one attached hydrogen (secondary N) is 2. The lowest BCUT2D eigenvalue weighted by Gasteiger charge is -2.62. The standard InChI is InChI=1S/C35H33ClN6O3S/c36-29-19-38-33(39-31(29)28-20-42(30-9-5-4-8-27(28)30)46(44,45)26-6-2-1-3-7-26)41-35-17-22-14-23(18-35)16-34(15-22,21-35)40-32(43)24-10-12-25(37)13-11-24/h1-13,19-20,22-23H,14-18,21,37H2,(H,40,43)(H,38,39,41). The van der Waals surface area contributed by atoms with Crippen LogP contribution in [0.2, 0.25) is 5.02 Å². The first-order valence-corrected chi connectivity index (χ1v) is 17.3. The molecule has 2 unspecified atom stereocenters. The highest BCUT2D eigenvalue weighted by atomic mass is 35.5. The molecular formula is C35H33ClN6O3S. The van der Waals surface area contributed by atoms with E-state index in [2.05, 4.69) is 15.6 Å². The number of nitrogens with zero attached hydrogens (tertiary/aromatic N) is 3. The third-order valence-electron chi connectivity index (χ3n) is 9.97. The van der Waals surface area contributed by atoms with E-state index in [1.54, 1.807) is 73.1 Å². The van der Waals surface area contributed by atoms with E-state index in [0.29, 0.717) is 56.2 Å². The highest BCUT2D eigenvalue weighted by molar-refractivity contribution is 7.90. The van der Waals surface area contributed by atoms with Crippen molar-refractivity contribution in [1.29, 1.82) is 0 Å². The van der Waals surface area contributed by atoms with Crippen LogP contribution in [0, 0.1) is 11.8 Å². The van der Waals surface area contributed by atoms with Crippen LogP contribution in [0.25, 0.3) is 22.2 Å². The van der Waals surface area contributed by atoms with Crippen molar-refractivity contribution < 1.29 is 13.2 Å². The number of rotatable bonds is 7. The number of carbonyl (C=O) groups is 1. The smallest absolute Gasteiger partial charge is 0.268 e. The molecule has 3 aromatic carbocycles. The molecular weight excluding hydrogens is 620 g/mol. The maximum atomic E-state index is 13.7. The lowest BCUT2D eigenvalue weighted by atomic mass is 9.50. The number of carbonyl (C=O) groups excluding carboxylic acids is 1. The molecule has 0 radical (unpaired) electrons. The number of halogens is 1. The van der Waals surface area contributed by atoms with Gasteiger partial charge in [0.15, 0.2) is 0 Å². The van der Waals surface area contributed by atoms with Gasteiger partial charge in [-0.2, -0.15) is 0 Å². The van der Waals surface area contributed by atoms with Crippen LogP contribution in [0.5, 0.6) is 0 Å². The Morgan fingerprint density at radius 3 is 2.33 bits per heavy atom. The average molecular weight is 653 g/mol. The molecule has 11 heteroatoms. The van der Waals surface area contributed by atoms with Crippen LogP contribution in [-0.4, -0.2) is 39.3 Å². The Bertz CT molecular complexity index is 2080. The topological polar surface area (TPSA) is 132 Å². The van der Waals surface area contributed by atoms with Gasteiger partial charge in [-0.25, -0.2) is 22.4 Å². The molecule has 4 aliphatic carbocycles. The molecule has 4 N–H and O–H groups in total. The second-order valence-electron chi connectivity index (χ2n) is 13.3. The van der Waals surface area contributed by atoms with Gasteiger partial charge in [0.05, 0.1) is 27.3 Å². The zero-order chi connectivity index (χ0) is 31.7. The highest BCUT2D eigenvalue weighted by Crippen LogP contribution is 2.58. The van der Waals surface area contributed by atoms with Gasteiger partial charge in [0.2, 0.25) is 5.95 Å². The summed E-state index contributed by atoms with van der Waals surface area (Å²) in [5.41, 5.74) is 8.06. The van der Waals surface area contributed by atoms with Gasteiger partial charge in [-0.15, -0.1) is 0 Å². The maximum Gasteiger partial charge on any atom is 0.268 e. The fraction of sp³-hybridized carbons (Fsp3) is 0.286. The van der Waals surface area contributed by atoms with E-state index in [1.165, 1.54) is 3.97 Å². The molecule has 1 amide bonds.